The molecule has 1 aliphatic carbocycles. The van der Waals surface area contributed by atoms with Crippen molar-refractivity contribution in [1.29, 1.82) is 0 Å². The molecule has 1 fully saturated rings. The minimum absolute atomic E-state index is 0.0195. The summed E-state index contributed by atoms with van der Waals surface area (Å²) in [5, 5.41) is 15.5. The molecular formula is C16H26N2O2S. The smallest absolute Gasteiger partial charge is 0.226 e. The first-order valence-corrected chi connectivity index (χ1v) is 8.63. The molecule has 2 rings (SSSR count). The van der Waals surface area contributed by atoms with E-state index in [-0.39, 0.29) is 29.9 Å². The molecule has 4 nitrogen and oxygen atoms in total. The fourth-order valence-electron chi connectivity index (χ4n) is 2.77. The van der Waals surface area contributed by atoms with E-state index < -0.39 is 0 Å². The molecule has 1 heterocycles. The Labute approximate surface area is 131 Å². The molecule has 2 atom stereocenters. The molecule has 0 radical (unpaired) electrons. The first-order valence-electron chi connectivity index (χ1n) is 7.75. The summed E-state index contributed by atoms with van der Waals surface area (Å²) in [5.74, 6) is 0.231. The van der Waals surface area contributed by atoms with E-state index in [1.165, 1.54) is 0 Å². The van der Waals surface area contributed by atoms with Crippen molar-refractivity contribution < 1.29 is 9.90 Å². The van der Waals surface area contributed by atoms with Crippen molar-refractivity contribution in [1.82, 2.24) is 10.3 Å². The minimum atomic E-state index is 0.0195. The monoisotopic (exact) mass is 310 g/mol. The number of carbonyl (C=O) groups excluding carboxylic acids is 1. The zero-order chi connectivity index (χ0) is 15.5. The van der Waals surface area contributed by atoms with E-state index in [0.717, 1.165) is 36.4 Å². The second-order valence-corrected chi connectivity index (χ2v) is 7.83. The summed E-state index contributed by atoms with van der Waals surface area (Å²) in [6.45, 7) is 6.55. The van der Waals surface area contributed by atoms with Gasteiger partial charge in [0.25, 0.3) is 0 Å². The number of carbonyl (C=O) groups is 1. The van der Waals surface area contributed by atoms with Gasteiger partial charge in [-0.2, -0.15) is 0 Å². The molecule has 1 aromatic heterocycles. The standard InChI is InChI=1S/C16H26N2O2S/c1-16(2,3)15-17-12(10-21-15)8-14(20)18-13-7-5-4-6-11(13)9-19/h10-11,13,19H,4-9H2,1-3H3,(H,18,20). The maximum Gasteiger partial charge on any atom is 0.226 e. The van der Waals surface area contributed by atoms with Gasteiger partial charge in [-0.1, -0.05) is 33.6 Å². The van der Waals surface area contributed by atoms with Crippen molar-refractivity contribution >= 4 is 17.2 Å². The highest BCUT2D eigenvalue weighted by atomic mass is 32.1. The largest absolute Gasteiger partial charge is 0.396 e. The predicted molar refractivity (Wildman–Crippen MR) is 85.5 cm³/mol. The predicted octanol–water partition coefficient (Wildman–Crippen LogP) is 2.65. The average molecular weight is 310 g/mol. The lowest BCUT2D eigenvalue weighted by Crippen LogP contribution is -2.44. The summed E-state index contributed by atoms with van der Waals surface area (Å²) in [4.78, 5) is 16.7. The van der Waals surface area contributed by atoms with Crippen LogP contribution in [0.1, 0.15) is 57.2 Å². The summed E-state index contributed by atoms with van der Waals surface area (Å²) in [5.41, 5.74) is 0.879. The number of nitrogens with zero attached hydrogens (tertiary/aromatic N) is 1. The molecule has 0 aliphatic heterocycles. The Morgan fingerprint density at radius 3 is 2.76 bits per heavy atom. The van der Waals surface area contributed by atoms with Crippen LogP contribution in [-0.2, 0) is 16.6 Å². The number of thiazole rings is 1. The van der Waals surface area contributed by atoms with Gasteiger partial charge in [0.15, 0.2) is 0 Å². The van der Waals surface area contributed by atoms with Crippen LogP contribution in [0.4, 0.5) is 0 Å². The van der Waals surface area contributed by atoms with Crippen LogP contribution in [0.5, 0.6) is 0 Å². The number of amides is 1. The van der Waals surface area contributed by atoms with Gasteiger partial charge in [0, 0.05) is 29.4 Å². The number of hydrogen-bond acceptors (Lipinski definition) is 4. The molecule has 0 spiro atoms. The van der Waals surface area contributed by atoms with Gasteiger partial charge in [0.2, 0.25) is 5.91 Å². The van der Waals surface area contributed by atoms with Crippen LogP contribution < -0.4 is 5.32 Å². The van der Waals surface area contributed by atoms with Gasteiger partial charge in [-0.3, -0.25) is 4.79 Å². The Bertz CT molecular complexity index is 479. The lowest BCUT2D eigenvalue weighted by Gasteiger charge is -2.30. The van der Waals surface area contributed by atoms with Crippen molar-refractivity contribution in [3.63, 3.8) is 0 Å². The molecule has 5 heteroatoms. The molecule has 2 N–H and O–H groups in total. The number of aliphatic hydroxyl groups excluding tert-OH is 1. The molecule has 1 aliphatic rings. The molecule has 21 heavy (non-hydrogen) atoms. The molecular weight excluding hydrogens is 284 g/mol. The van der Waals surface area contributed by atoms with E-state index in [0.29, 0.717) is 6.42 Å². The first-order chi connectivity index (χ1) is 9.90. The molecule has 1 saturated carbocycles. The minimum Gasteiger partial charge on any atom is -0.396 e. The molecule has 1 aromatic rings. The molecule has 2 unspecified atom stereocenters. The fourth-order valence-corrected chi connectivity index (χ4v) is 3.68. The van der Waals surface area contributed by atoms with E-state index in [1.807, 2.05) is 5.38 Å². The third-order valence-corrected chi connectivity index (χ3v) is 5.34. The zero-order valence-electron chi connectivity index (χ0n) is 13.2. The summed E-state index contributed by atoms with van der Waals surface area (Å²) >= 11 is 1.62. The van der Waals surface area contributed by atoms with E-state index in [4.69, 9.17) is 0 Å². The number of aromatic nitrogens is 1. The average Bonchev–Trinajstić information content (AvgIpc) is 2.87. The van der Waals surface area contributed by atoms with Crippen LogP contribution in [0.25, 0.3) is 0 Å². The van der Waals surface area contributed by atoms with Crippen molar-refractivity contribution in [2.45, 2.75) is 64.3 Å². The van der Waals surface area contributed by atoms with E-state index >= 15 is 0 Å². The normalized spacial score (nSPS) is 23.0. The first kappa shape index (κ1) is 16.4. The summed E-state index contributed by atoms with van der Waals surface area (Å²) in [7, 11) is 0. The van der Waals surface area contributed by atoms with Gasteiger partial charge >= 0.3 is 0 Å². The third-order valence-electron chi connectivity index (χ3n) is 4.02. The highest BCUT2D eigenvalue weighted by Crippen LogP contribution is 2.26. The Kier molecular flexibility index (Phi) is 5.38. The molecule has 1 amide bonds. The second kappa shape index (κ2) is 6.88. The zero-order valence-corrected chi connectivity index (χ0v) is 14.0. The molecule has 118 valence electrons. The Morgan fingerprint density at radius 2 is 2.14 bits per heavy atom. The second-order valence-electron chi connectivity index (χ2n) is 6.97. The Balaban J connectivity index is 1.91. The van der Waals surface area contributed by atoms with Crippen LogP contribution in [0.15, 0.2) is 5.38 Å². The Morgan fingerprint density at radius 1 is 1.43 bits per heavy atom. The summed E-state index contributed by atoms with van der Waals surface area (Å²) in [6.07, 6.45) is 4.60. The highest BCUT2D eigenvalue weighted by Gasteiger charge is 2.26. The summed E-state index contributed by atoms with van der Waals surface area (Å²) < 4.78 is 0. The number of nitrogens with one attached hydrogen (secondary N) is 1. The lowest BCUT2D eigenvalue weighted by atomic mass is 9.85. The van der Waals surface area contributed by atoms with Crippen LogP contribution in [0, 0.1) is 5.92 Å². The van der Waals surface area contributed by atoms with Gasteiger partial charge in [-0.05, 0) is 12.8 Å². The van der Waals surface area contributed by atoms with Gasteiger partial charge in [0.05, 0.1) is 17.1 Å². The highest BCUT2D eigenvalue weighted by molar-refractivity contribution is 7.09. The molecule has 0 saturated heterocycles. The van der Waals surface area contributed by atoms with Crippen molar-refractivity contribution in [2.24, 2.45) is 5.92 Å². The van der Waals surface area contributed by atoms with Crippen molar-refractivity contribution in [3.05, 3.63) is 16.1 Å². The van der Waals surface area contributed by atoms with Crippen LogP contribution in [0.3, 0.4) is 0 Å². The third kappa shape index (κ3) is 4.51. The number of hydrogen-bond donors (Lipinski definition) is 2. The quantitative estimate of drug-likeness (QED) is 0.898. The maximum atomic E-state index is 12.2. The molecule has 0 bridgehead atoms. The lowest BCUT2D eigenvalue weighted by molar-refractivity contribution is -0.121. The SMILES string of the molecule is CC(C)(C)c1nc(CC(=O)NC2CCCCC2CO)cs1. The van der Waals surface area contributed by atoms with E-state index in [2.05, 4.69) is 31.1 Å². The van der Waals surface area contributed by atoms with E-state index in [1.54, 1.807) is 11.3 Å². The maximum absolute atomic E-state index is 12.2. The van der Waals surface area contributed by atoms with Crippen molar-refractivity contribution in [3.8, 4) is 0 Å². The van der Waals surface area contributed by atoms with Gasteiger partial charge in [-0.25, -0.2) is 4.98 Å². The molecule has 0 aromatic carbocycles. The Hall–Kier alpha value is -0.940. The topological polar surface area (TPSA) is 62.2 Å². The van der Waals surface area contributed by atoms with Crippen LogP contribution >= 0.6 is 11.3 Å². The van der Waals surface area contributed by atoms with Gasteiger partial charge in [-0.15, -0.1) is 11.3 Å². The van der Waals surface area contributed by atoms with Gasteiger partial charge < -0.3 is 10.4 Å². The van der Waals surface area contributed by atoms with Crippen molar-refractivity contribution in [2.75, 3.05) is 6.61 Å². The van der Waals surface area contributed by atoms with Crippen LogP contribution in [-0.4, -0.2) is 28.6 Å². The fraction of sp³-hybridized carbons (Fsp3) is 0.750. The summed E-state index contributed by atoms with van der Waals surface area (Å²) in [6, 6.07) is 0.122. The van der Waals surface area contributed by atoms with Gasteiger partial charge in [0.1, 0.15) is 0 Å². The van der Waals surface area contributed by atoms with E-state index in [9.17, 15) is 9.90 Å². The number of aliphatic hydroxyl groups is 1. The number of rotatable bonds is 4. The van der Waals surface area contributed by atoms with Crippen LogP contribution in [0.2, 0.25) is 0 Å².